The van der Waals surface area contributed by atoms with E-state index in [1.807, 2.05) is 12.1 Å². The van der Waals surface area contributed by atoms with Gasteiger partial charge in [-0.15, -0.1) is 0 Å². The smallest absolute Gasteiger partial charge is 0.123 e. The third-order valence-electron chi connectivity index (χ3n) is 3.74. The SMILES string of the molecule is Fc1ccc(N2CCOCC2CCc2cnccn2)cc1. The van der Waals surface area contributed by atoms with Crippen LogP contribution in [0.25, 0.3) is 0 Å². The Hall–Kier alpha value is -2.01. The molecule has 1 saturated heterocycles. The number of rotatable bonds is 4. The molecule has 1 aliphatic heterocycles. The van der Waals surface area contributed by atoms with Gasteiger partial charge < -0.3 is 9.64 Å². The van der Waals surface area contributed by atoms with Crippen molar-refractivity contribution >= 4 is 5.69 Å². The van der Waals surface area contributed by atoms with Crippen LogP contribution in [0.3, 0.4) is 0 Å². The summed E-state index contributed by atoms with van der Waals surface area (Å²) in [6.07, 6.45) is 6.99. The number of aromatic nitrogens is 2. The fraction of sp³-hybridized carbons (Fsp3) is 0.375. The molecule has 0 N–H and O–H groups in total. The van der Waals surface area contributed by atoms with Crippen LogP contribution in [0.4, 0.5) is 10.1 Å². The number of morpholine rings is 1. The summed E-state index contributed by atoms with van der Waals surface area (Å²) in [4.78, 5) is 10.7. The summed E-state index contributed by atoms with van der Waals surface area (Å²) < 4.78 is 18.7. The molecule has 1 unspecified atom stereocenters. The maximum Gasteiger partial charge on any atom is 0.123 e. The van der Waals surface area contributed by atoms with E-state index in [1.54, 1.807) is 18.6 Å². The van der Waals surface area contributed by atoms with Gasteiger partial charge in [0, 0.05) is 30.8 Å². The molecular formula is C16H18FN3O. The lowest BCUT2D eigenvalue weighted by Crippen LogP contribution is -2.45. The van der Waals surface area contributed by atoms with E-state index in [9.17, 15) is 4.39 Å². The molecule has 4 nitrogen and oxygen atoms in total. The molecule has 1 aromatic carbocycles. The average Bonchev–Trinajstić information content (AvgIpc) is 2.55. The van der Waals surface area contributed by atoms with Crippen LogP contribution < -0.4 is 4.90 Å². The minimum Gasteiger partial charge on any atom is -0.377 e. The van der Waals surface area contributed by atoms with Gasteiger partial charge in [0.25, 0.3) is 0 Å². The zero-order valence-corrected chi connectivity index (χ0v) is 11.8. The summed E-state index contributed by atoms with van der Waals surface area (Å²) >= 11 is 0. The van der Waals surface area contributed by atoms with E-state index in [2.05, 4.69) is 14.9 Å². The van der Waals surface area contributed by atoms with Crippen LogP contribution in [0.5, 0.6) is 0 Å². The molecule has 5 heteroatoms. The summed E-state index contributed by atoms with van der Waals surface area (Å²) in [6, 6.07) is 6.95. The van der Waals surface area contributed by atoms with Gasteiger partial charge in [-0.1, -0.05) is 0 Å². The van der Waals surface area contributed by atoms with Gasteiger partial charge in [0.1, 0.15) is 5.82 Å². The molecule has 1 fully saturated rings. The van der Waals surface area contributed by atoms with Gasteiger partial charge in [0.2, 0.25) is 0 Å². The second-order valence-corrected chi connectivity index (χ2v) is 5.13. The molecule has 0 radical (unpaired) electrons. The number of ether oxygens (including phenoxy) is 1. The second-order valence-electron chi connectivity index (χ2n) is 5.13. The molecule has 0 spiro atoms. The van der Waals surface area contributed by atoms with Gasteiger partial charge in [0.15, 0.2) is 0 Å². The minimum absolute atomic E-state index is 0.205. The molecule has 1 atom stereocenters. The Morgan fingerprint density at radius 3 is 2.86 bits per heavy atom. The Labute approximate surface area is 123 Å². The van der Waals surface area contributed by atoms with Crippen molar-refractivity contribution in [2.24, 2.45) is 0 Å². The van der Waals surface area contributed by atoms with Crippen molar-refractivity contribution in [2.75, 3.05) is 24.7 Å². The monoisotopic (exact) mass is 287 g/mol. The van der Waals surface area contributed by atoms with Crippen LogP contribution in [-0.4, -0.2) is 35.8 Å². The molecular weight excluding hydrogens is 269 g/mol. The largest absolute Gasteiger partial charge is 0.377 e. The first-order valence-corrected chi connectivity index (χ1v) is 7.18. The number of hydrogen-bond donors (Lipinski definition) is 0. The predicted octanol–water partition coefficient (Wildman–Crippen LogP) is 2.45. The van der Waals surface area contributed by atoms with Crippen LogP contribution >= 0.6 is 0 Å². The highest BCUT2D eigenvalue weighted by Gasteiger charge is 2.23. The summed E-state index contributed by atoms with van der Waals surface area (Å²) in [6.45, 7) is 2.23. The lowest BCUT2D eigenvalue weighted by molar-refractivity contribution is 0.0916. The van der Waals surface area contributed by atoms with Crippen LogP contribution in [0, 0.1) is 5.82 Å². The summed E-state index contributed by atoms with van der Waals surface area (Å²) in [5.41, 5.74) is 2.03. The molecule has 0 amide bonds. The number of aryl methyl sites for hydroxylation is 1. The highest BCUT2D eigenvalue weighted by Crippen LogP contribution is 2.22. The first-order chi connectivity index (χ1) is 10.3. The van der Waals surface area contributed by atoms with E-state index in [0.29, 0.717) is 13.2 Å². The van der Waals surface area contributed by atoms with Crippen LogP contribution in [0.15, 0.2) is 42.9 Å². The zero-order chi connectivity index (χ0) is 14.5. The number of nitrogens with zero attached hydrogens (tertiary/aromatic N) is 3. The highest BCUT2D eigenvalue weighted by atomic mass is 19.1. The lowest BCUT2D eigenvalue weighted by atomic mass is 10.1. The Kier molecular flexibility index (Phi) is 4.40. The topological polar surface area (TPSA) is 38.2 Å². The Bertz CT molecular complexity index is 561. The van der Waals surface area contributed by atoms with E-state index in [4.69, 9.17) is 4.74 Å². The second kappa shape index (κ2) is 6.63. The van der Waals surface area contributed by atoms with E-state index in [0.717, 1.165) is 30.8 Å². The van der Waals surface area contributed by atoms with E-state index in [1.165, 1.54) is 12.1 Å². The van der Waals surface area contributed by atoms with E-state index in [-0.39, 0.29) is 11.9 Å². The lowest BCUT2D eigenvalue weighted by Gasteiger charge is -2.37. The van der Waals surface area contributed by atoms with Crippen molar-refractivity contribution in [1.82, 2.24) is 9.97 Å². The molecule has 1 aliphatic rings. The quantitative estimate of drug-likeness (QED) is 0.866. The molecule has 1 aromatic heterocycles. The third-order valence-corrected chi connectivity index (χ3v) is 3.74. The van der Waals surface area contributed by atoms with Gasteiger partial charge in [-0.3, -0.25) is 9.97 Å². The van der Waals surface area contributed by atoms with Gasteiger partial charge in [-0.05, 0) is 37.1 Å². The minimum atomic E-state index is -0.205. The fourth-order valence-electron chi connectivity index (χ4n) is 2.64. The molecule has 0 aliphatic carbocycles. The maximum atomic E-state index is 13.1. The van der Waals surface area contributed by atoms with Crippen LogP contribution in [0.2, 0.25) is 0 Å². The van der Waals surface area contributed by atoms with Crippen molar-refractivity contribution in [2.45, 2.75) is 18.9 Å². The van der Waals surface area contributed by atoms with Gasteiger partial charge in [-0.25, -0.2) is 4.39 Å². The molecule has 110 valence electrons. The first-order valence-electron chi connectivity index (χ1n) is 7.18. The molecule has 3 rings (SSSR count). The number of hydrogen-bond acceptors (Lipinski definition) is 4. The number of anilines is 1. The summed E-state index contributed by atoms with van der Waals surface area (Å²) in [5, 5.41) is 0. The fourth-order valence-corrected chi connectivity index (χ4v) is 2.64. The van der Waals surface area contributed by atoms with Gasteiger partial charge >= 0.3 is 0 Å². The predicted molar refractivity (Wildman–Crippen MR) is 78.7 cm³/mol. The molecule has 0 saturated carbocycles. The summed E-state index contributed by atoms with van der Waals surface area (Å²) in [5.74, 6) is -0.205. The van der Waals surface area contributed by atoms with E-state index >= 15 is 0 Å². The Morgan fingerprint density at radius 1 is 1.24 bits per heavy atom. The normalized spacial score (nSPS) is 18.7. The highest BCUT2D eigenvalue weighted by molar-refractivity contribution is 5.47. The van der Waals surface area contributed by atoms with Crippen molar-refractivity contribution < 1.29 is 9.13 Å². The van der Waals surface area contributed by atoms with Gasteiger partial charge in [0.05, 0.1) is 24.9 Å². The van der Waals surface area contributed by atoms with Crippen molar-refractivity contribution in [3.05, 3.63) is 54.4 Å². The van der Waals surface area contributed by atoms with Crippen molar-refractivity contribution in [3.63, 3.8) is 0 Å². The third kappa shape index (κ3) is 3.55. The molecule has 2 aromatic rings. The van der Waals surface area contributed by atoms with Crippen LogP contribution in [-0.2, 0) is 11.2 Å². The summed E-state index contributed by atoms with van der Waals surface area (Å²) in [7, 11) is 0. The van der Waals surface area contributed by atoms with Crippen LogP contribution in [0.1, 0.15) is 12.1 Å². The molecule has 21 heavy (non-hydrogen) atoms. The zero-order valence-electron chi connectivity index (χ0n) is 11.8. The average molecular weight is 287 g/mol. The van der Waals surface area contributed by atoms with Crippen molar-refractivity contribution in [1.29, 1.82) is 0 Å². The molecule has 0 bridgehead atoms. The molecule has 2 heterocycles. The van der Waals surface area contributed by atoms with Gasteiger partial charge in [-0.2, -0.15) is 0 Å². The number of benzene rings is 1. The maximum absolute atomic E-state index is 13.1. The Morgan fingerprint density at radius 2 is 2.10 bits per heavy atom. The van der Waals surface area contributed by atoms with Crippen molar-refractivity contribution in [3.8, 4) is 0 Å². The standard InChI is InChI=1S/C16H18FN3O/c17-13-1-4-15(5-2-13)20-9-10-21-12-16(20)6-3-14-11-18-7-8-19-14/h1-2,4-5,7-8,11,16H,3,6,9-10,12H2. The Balaban J connectivity index is 1.68. The first kappa shape index (κ1) is 13.9. The van der Waals surface area contributed by atoms with E-state index < -0.39 is 0 Å². The number of halogens is 1.